The fourth-order valence-corrected chi connectivity index (χ4v) is 1.70. The van der Waals surface area contributed by atoms with E-state index in [4.69, 9.17) is 9.47 Å². The van der Waals surface area contributed by atoms with Crippen LogP contribution in [-0.2, 0) is 14.9 Å². The quantitative estimate of drug-likeness (QED) is 0.680. The molecule has 1 heterocycles. The highest BCUT2D eigenvalue weighted by Crippen LogP contribution is 2.28. The SMILES string of the molecule is CC1OCC(C)(c2ccccc2)CO1. The van der Waals surface area contributed by atoms with Crippen LogP contribution < -0.4 is 0 Å². The van der Waals surface area contributed by atoms with Gasteiger partial charge in [0.15, 0.2) is 6.29 Å². The number of ether oxygens (including phenoxy) is 2. The van der Waals surface area contributed by atoms with Gasteiger partial charge >= 0.3 is 0 Å². The van der Waals surface area contributed by atoms with Crippen molar-refractivity contribution < 1.29 is 9.47 Å². The zero-order chi connectivity index (χ0) is 10.0. The van der Waals surface area contributed by atoms with Crippen molar-refractivity contribution in [1.29, 1.82) is 0 Å². The van der Waals surface area contributed by atoms with E-state index >= 15 is 0 Å². The molecule has 2 nitrogen and oxygen atoms in total. The van der Waals surface area contributed by atoms with Crippen LogP contribution in [0.3, 0.4) is 0 Å². The van der Waals surface area contributed by atoms with E-state index in [1.54, 1.807) is 0 Å². The molecule has 14 heavy (non-hydrogen) atoms. The molecule has 76 valence electrons. The largest absolute Gasteiger partial charge is 0.352 e. The normalized spacial score (nSPS) is 32.9. The van der Waals surface area contributed by atoms with Gasteiger partial charge in [-0.3, -0.25) is 0 Å². The molecule has 1 aromatic rings. The van der Waals surface area contributed by atoms with Gasteiger partial charge in [-0.2, -0.15) is 0 Å². The van der Waals surface area contributed by atoms with Gasteiger partial charge in [0.1, 0.15) is 0 Å². The highest BCUT2D eigenvalue weighted by Gasteiger charge is 2.32. The molecule has 1 aromatic carbocycles. The second-order valence-corrected chi connectivity index (χ2v) is 4.12. The minimum absolute atomic E-state index is 0.00771. The van der Waals surface area contributed by atoms with E-state index < -0.39 is 0 Å². The first-order valence-corrected chi connectivity index (χ1v) is 4.99. The van der Waals surface area contributed by atoms with E-state index in [2.05, 4.69) is 31.2 Å². The third-order valence-corrected chi connectivity index (χ3v) is 2.74. The monoisotopic (exact) mass is 192 g/mol. The molecule has 1 fully saturated rings. The molecule has 2 rings (SSSR count). The summed E-state index contributed by atoms with van der Waals surface area (Å²) in [5.74, 6) is 0. The average molecular weight is 192 g/mol. The van der Waals surface area contributed by atoms with E-state index in [0.717, 1.165) is 13.2 Å². The van der Waals surface area contributed by atoms with Gasteiger partial charge in [0.05, 0.1) is 13.2 Å². The molecule has 2 heteroatoms. The van der Waals surface area contributed by atoms with Gasteiger partial charge in [-0.1, -0.05) is 37.3 Å². The van der Waals surface area contributed by atoms with Crippen molar-refractivity contribution in [3.05, 3.63) is 35.9 Å². The van der Waals surface area contributed by atoms with Crippen LogP contribution >= 0.6 is 0 Å². The van der Waals surface area contributed by atoms with E-state index in [1.165, 1.54) is 5.56 Å². The average Bonchev–Trinajstić information content (AvgIpc) is 2.24. The predicted molar refractivity (Wildman–Crippen MR) is 55.2 cm³/mol. The highest BCUT2D eigenvalue weighted by molar-refractivity contribution is 5.25. The van der Waals surface area contributed by atoms with Gasteiger partial charge in [-0.15, -0.1) is 0 Å². The molecule has 0 unspecified atom stereocenters. The second-order valence-electron chi connectivity index (χ2n) is 4.12. The van der Waals surface area contributed by atoms with Crippen LogP contribution in [0.5, 0.6) is 0 Å². The van der Waals surface area contributed by atoms with Gasteiger partial charge in [0.2, 0.25) is 0 Å². The van der Waals surface area contributed by atoms with Crippen LogP contribution in [0.2, 0.25) is 0 Å². The van der Waals surface area contributed by atoms with Crippen molar-refractivity contribution in [1.82, 2.24) is 0 Å². The Bertz CT molecular complexity index is 286. The Morgan fingerprint density at radius 1 is 1.14 bits per heavy atom. The lowest BCUT2D eigenvalue weighted by Gasteiger charge is -2.36. The molecular weight excluding hydrogens is 176 g/mol. The summed E-state index contributed by atoms with van der Waals surface area (Å²) in [7, 11) is 0. The summed E-state index contributed by atoms with van der Waals surface area (Å²) >= 11 is 0. The van der Waals surface area contributed by atoms with Crippen LogP contribution in [0.15, 0.2) is 30.3 Å². The maximum absolute atomic E-state index is 5.53. The van der Waals surface area contributed by atoms with Gasteiger partial charge in [-0.05, 0) is 12.5 Å². The predicted octanol–water partition coefficient (Wildman–Crippen LogP) is 2.34. The molecule has 0 aromatic heterocycles. The number of hydrogen-bond donors (Lipinski definition) is 0. The Hall–Kier alpha value is -0.860. The summed E-state index contributed by atoms with van der Waals surface area (Å²) in [4.78, 5) is 0. The Morgan fingerprint density at radius 2 is 1.71 bits per heavy atom. The number of rotatable bonds is 1. The van der Waals surface area contributed by atoms with Crippen molar-refractivity contribution in [2.45, 2.75) is 25.6 Å². The fourth-order valence-electron chi connectivity index (χ4n) is 1.70. The molecule has 0 spiro atoms. The maximum Gasteiger partial charge on any atom is 0.154 e. The summed E-state index contributed by atoms with van der Waals surface area (Å²) in [6.45, 7) is 5.58. The van der Waals surface area contributed by atoms with Crippen molar-refractivity contribution in [3.8, 4) is 0 Å². The lowest BCUT2D eigenvalue weighted by Crippen LogP contribution is -2.41. The minimum atomic E-state index is -0.0632. The van der Waals surface area contributed by atoms with E-state index in [-0.39, 0.29) is 11.7 Å². The topological polar surface area (TPSA) is 18.5 Å². The van der Waals surface area contributed by atoms with Crippen LogP contribution in [0, 0.1) is 0 Å². The molecular formula is C12H16O2. The number of hydrogen-bond acceptors (Lipinski definition) is 2. The van der Waals surface area contributed by atoms with Crippen molar-refractivity contribution >= 4 is 0 Å². The zero-order valence-corrected chi connectivity index (χ0v) is 8.69. The summed E-state index contributed by atoms with van der Waals surface area (Å²) in [5, 5.41) is 0. The molecule has 1 saturated heterocycles. The van der Waals surface area contributed by atoms with Crippen LogP contribution in [0.25, 0.3) is 0 Å². The first-order chi connectivity index (χ1) is 6.71. The fraction of sp³-hybridized carbons (Fsp3) is 0.500. The van der Waals surface area contributed by atoms with E-state index in [0.29, 0.717) is 0 Å². The van der Waals surface area contributed by atoms with Gasteiger partial charge < -0.3 is 9.47 Å². The Kier molecular flexibility index (Phi) is 2.57. The molecule has 0 saturated carbocycles. The number of benzene rings is 1. The maximum atomic E-state index is 5.53. The summed E-state index contributed by atoms with van der Waals surface area (Å²) < 4.78 is 11.1. The molecule has 1 aliphatic heterocycles. The standard InChI is InChI=1S/C12H16O2/c1-10-13-8-12(2,9-14-10)11-6-4-3-5-7-11/h3-7,10H,8-9H2,1-2H3. The van der Waals surface area contributed by atoms with Crippen LogP contribution in [0.4, 0.5) is 0 Å². The summed E-state index contributed by atoms with van der Waals surface area (Å²) in [6.07, 6.45) is -0.0632. The van der Waals surface area contributed by atoms with Crippen molar-refractivity contribution in [2.75, 3.05) is 13.2 Å². The van der Waals surface area contributed by atoms with Crippen LogP contribution in [-0.4, -0.2) is 19.5 Å². The first kappa shape index (κ1) is 9.69. The lowest BCUT2D eigenvalue weighted by atomic mass is 9.84. The molecule has 0 amide bonds. The molecule has 0 aliphatic carbocycles. The van der Waals surface area contributed by atoms with Gasteiger partial charge in [0, 0.05) is 5.41 Å². The zero-order valence-electron chi connectivity index (χ0n) is 8.69. The van der Waals surface area contributed by atoms with E-state index in [1.807, 2.05) is 13.0 Å². The Morgan fingerprint density at radius 3 is 2.29 bits per heavy atom. The molecule has 0 atom stereocenters. The summed E-state index contributed by atoms with van der Waals surface area (Å²) in [6, 6.07) is 10.4. The third-order valence-electron chi connectivity index (χ3n) is 2.74. The molecule has 1 aliphatic rings. The smallest absolute Gasteiger partial charge is 0.154 e. The highest BCUT2D eigenvalue weighted by atomic mass is 16.7. The Labute approximate surface area is 84.8 Å². The first-order valence-electron chi connectivity index (χ1n) is 4.99. The van der Waals surface area contributed by atoms with Gasteiger partial charge in [0.25, 0.3) is 0 Å². The van der Waals surface area contributed by atoms with E-state index in [9.17, 15) is 0 Å². The third kappa shape index (κ3) is 1.81. The minimum Gasteiger partial charge on any atom is -0.352 e. The van der Waals surface area contributed by atoms with Crippen molar-refractivity contribution in [3.63, 3.8) is 0 Å². The second kappa shape index (κ2) is 3.71. The molecule has 0 radical (unpaired) electrons. The lowest BCUT2D eigenvalue weighted by molar-refractivity contribution is -0.196. The molecule has 0 bridgehead atoms. The Balaban J connectivity index is 2.17. The van der Waals surface area contributed by atoms with Gasteiger partial charge in [-0.25, -0.2) is 0 Å². The molecule has 0 N–H and O–H groups in total. The van der Waals surface area contributed by atoms with Crippen LogP contribution in [0.1, 0.15) is 19.4 Å². The van der Waals surface area contributed by atoms with Crippen molar-refractivity contribution in [2.24, 2.45) is 0 Å². The summed E-state index contributed by atoms with van der Waals surface area (Å²) in [5.41, 5.74) is 1.29.